The highest BCUT2D eigenvalue weighted by atomic mass is 16.5. The molecule has 190 valence electrons. The topological polar surface area (TPSA) is 44.8 Å². The number of carbonyl (C=O) groups is 1. The molecule has 0 fully saturated rings. The molecule has 0 aliphatic heterocycles. The maximum Gasteiger partial charge on any atom is 0.343 e. The summed E-state index contributed by atoms with van der Waals surface area (Å²) in [5, 5.41) is 0. The Labute approximate surface area is 215 Å². The van der Waals surface area contributed by atoms with Crippen LogP contribution in [0.1, 0.15) is 68.6 Å². The molecular formula is C32H38O4. The Hall–Kier alpha value is -3.53. The van der Waals surface area contributed by atoms with Gasteiger partial charge in [-0.1, -0.05) is 56.5 Å². The summed E-state index contributed by atoms with van der Waals surface area (Å²) in [6.45, 7) is 7.37. The van der Waals surface area contributed by atoms with Gasteiger partial charge in [-0.2, -0.15) is 0 Å². The molecule has 0 saturated carbocycles. The lowest BCUT2D eigenvalue weighted by Crippen LogP contribution is -2.08. The van der Waals surface area contributed by atoms with Crippen LogP contribution in [0.25, 0.3) is 11.1 Å². The quantitative estimate of drug-likeness (QED) is 0.0879. The molecule has 0 amide bonds. The van der Waals surface area contributed by atoms with Crippen LogP contribution in [-0.2, 0) is 0 Å². The first-order valence-electron chi connectivity index (χ1n) is 13.1. The van der Waals surface area contributed by atoms with Gasteiger partial charge in [-0.05, 0) is 91.8 Å². The average Bonchev–Trinajstić information content (AvgIpc) is 2.92. The molecule has 36 heavy (non-hydrogen) atoms. The van der Waals surface area contributed by atoms with Gasteiger partial charge in [0.25, 0.3) is 0 Å². The third-order valence-electron chi connectivity index (χ3n) is 5.93. The number of ether oxygens (including phenoxy) is 3. The highest BCUT2D eigenvalue weighted by molar-refractivity contribution is 5.91. The van der Waals surface area contributed by atoms with Crippen LogP contribution in [-0.4, -0.2) is 19.2 Å². The Morgan fingerprint density at radius 2 is 1.17 bits per heavy atom. The van der Waals surface area contributed by atoms with Crippen molar-refractivity contribution >= 4 is 5.97 Å². The molecule has 0 aliphatic rings. The van der Waals surface area contributed by atoms with E-state index < -0.39 is 0 Å². The van der Waals surface area contributed by atoms with Crippen molar-refractivity contribution in [3.63, 3.8) is 0 Å². The molecule has 3 aromatic rings. The number of hydrogen-bond donors (Lipinski definition) is 0. The Morgan fingerprint density at radius 1 is 0.667 bits per heavy atom. The first-order chi connectivity index (χ1) is 17.7. The summed E-state index contributed by atoms with van der Waals surface area (Å²) >= 11 is 0. The van der Waals surface area contributed by atoms with E-state index in [1.165, 1.54) is 19.3 Å². The molecule has 0 spiro atoms. The zero-order valence-corrected chi connectivity index (χ0v) is 21.4. The van der Waals surface area contributed by atoms with E-state index in [1.807, 2.05) is 54.6 Å². The molecule has 0 saturated heterocycles. The van der Waals surface area contributed by atoms with Crippen LogP contribution in [0.3, 0.4) is 0 Å². The highest BCUT2D eigenvalue weighted by Crippen LogP contribution is 2.24. The van der Waals surface area contributed by atoms with Crippen molar-refractivity contribution in [3.05, 3.63) is 91.0 Å². The fourth-order valence-corrected chi connectivity index (χ4v) is 3.79. The van der Waals surface area contributed by atoms with E-state index in [9.17, 15) is 4.79 Å². The second-order valence-electron chi connectivity index (χ2n) is 8.86. The molecule has 0 atom stereocenters. The molecule has 3 rings (SSSR count). The molecule has 0 radical (unpaired) electrons. The highest BCUT2D eigenvalue weighted by Gasteiger charge is 2.09. The molecule has 4 nitrogen and oxygen atoms in total. The summed E-state index contributed by atoms with van der Waals surface area (Å²) in [6, 6.07) is 22.7. The largest absolute Gasteiger partial charge is 0.494 e. The summed E-state index contributed by atoms with van der Waals surface area (Å²) in [4.78, 5) is 12.6. The lowest BCUT2D eigenvalue weighted by Gasteiger charge is -2.09. The lowest BCUT2D eigenvalue weighted by atomic mass is 10.0. The van der Waals surface area contributed by atoms with E-state index in [4.69, 9.17) is 14.2 Å². The fourth-order valence-electron chi connectivity index (χ4n) is 3.79. The van der Waals surface area contributed by atoms with Crippen LogP contribution in [0.4, 0.5) is 0 Å². The Morgan fingerprint density at radius 3 is 1.72 bits per heavy atom. The minimum Gasteiger partial charge on any atom is -0.494 e. The Bertz CT molecular complexity index is 1040. The van der Waals surface area contributed by atoms with Gasteiger partial charge < -0.3 is 14.2 Å². The van der Waals surface area contributed by atoms with E-state index in [-0.39, 0.29) is 5.97 Å². The first kappa shape index (κ1) is 27.1. The van der Waals surface area contributed by atoms with Crippen molar-refractivity contribution in [2.75, 3.05) is 13.2 Å². The Balaban J connectivity index is 1.45. The standard InChI is InChI=1S/C32H38O4/c1-3-5-7-9-11-25-34-29-18-16-27(17-19-29)26-12-14-28(15-13-26)32(33)36-31-22-20-30(21-23-31)35-24-10-8-6-4-2/h3,12-23H,1,4-11,24-25H2,2H3. The normalized spacial score (nSPS) is 10.6. The van der Waals surface area contributed by atoms with Gasteiger partial charge in [0.05, 0.1) is 18.8 Å². The van der Waals surface area contributed by atoms with Gasteiger partial charge in [0.2, 0.25) is 0 Å². The van der Waals surface area contributed by atoms with Gasteiger partial charge >= 0.3 is 5.97 Å². The molecular weight excluding hydrogens is 448 g/mol. The van der Waals surface area contributed by atoms with Crippen molar-refractivity contribution in [2.24, 2.45) is 0 Å². The van der Waals surface area contributed by atoms with Gasteiger partial charge in [0, 0.05) is 0 Å². The summed E-state index contributed by atoms with van der Waals surface area (Å²) in [5.41, 5.74) is 2.60. The third kappa shape index (κ3) is 9.26. The maximum absolute atomic E-state index is 12.6. The van der Waals surface area contributed by atoms with Gasteiger partial charge in [-0.3, -0.25) is 0 Å². The zero-order chi connectivity index (χ0) is 25.4. The number of rotatable bonds is 16. The molecule has 0 N–H and O–H groups in total. The minimum absolute atomic E-state index is 0.383. The van der Waals surface area contributed by atoms with Crippen LogP contribution in [0.15, 0.2) is 85.5 Å². The SMILES string of the molecule is C=CCCCCCOc1ccc(-c2ccc(C(=O)Oc3ccc(OCCCCCC)cc3)cc2)cc1. The monoisotopic (exact) mass is 486 g/mol. The van der Waals surface area contributed by atoms with Crippen molar-refractivity contribution in [1.82, 2.24) is 0 Å². The predicted octanol–water partition coefficient (Wildman–Crippen LogP) is 8.66. The van der Waals surface area contributed by atoms with Crippen molar-refractivity contribution in [1.29, 1.82) is 0 Å². The van der Waals surface area contributed by atoms with E-state index in [1.54, 1.807) is 24.3 Å². The van der Waals surface area contributed by atoms with Gasteiger partial charge in [-0.25, -0.2) is 4.79 Å². The van der Waals surface area contributed by atoms with Gasteiger partial charge in [-0.15, -0.1) is 6.58 Å². The molecule has 0 aromatic heterocycles. The molecule has 4 heteroatoms. The predicted molar refractivity (Wildman–Crippen MR) is 147 cm³/mol. The molecule has 3 aromatic carbocycles. The van der Waals surface area contributed by atoms with Crippen LogP contribution >= 0.6 is 0 Å². The van der Waals surface area contributed by atoms with Crippen LogP contribution in [0.5, 0.6) is 17.2 Å². The van der Waals surface area contributed by atoms with E-state index >= 15 is 0 Å². The number of allylic oxidation sites excluding steroid dienone is 1. The minimum atomic E-state index is -0.383. The fraction of sp³-hybridized carbons (Fsp3) is 0.344. The summed E-state index contributed by atoms with van der Waals surface area (Å²) < 4.78 is 17.1. The van der Waals surface area contributed by atoms with Crippen LogP contribution in [0.2, 0.25) is 0 Å². The van der Waals surface area contributed by atoms with Crippen LogP contribution in [0, 0.1) is 0 Å². The first-order valence-corrected chi connectivity index (χ1v) is 13.1. The van der Waals surface area contributed by atoms with Crippen molar-refractivity contribution < 1.29 is 19.0 Å². The smallest absolute Gasteiger partial charge is 0.343 e. The van der Waals surface area contributed by atoms with Gasteiger partial charge in [0.15, 0.2) is 0 Å². The number of carbonyl (C=O) groups excluding carboxylic acids is 1. The summed E-state index contributed by atoms with van der Waals surface area (Å²) in [7, 11) is 0. The number of esters is 1. The molecule has 0 bridgehead atoms. The second-order valence-corrected chi connectivity index (χ2v) is 8.86. The Kier molecular flexibility index (Phi) is 11.6. The molecule has 0 heterocycles. The average molecular weight is 487 g/mol. The summed E-state index contributed by atoms with van der Waals surface area (Å²) in [5.74, 6) is 1.77. The van der Waals surface area contributed by atoms with E-state index in [0.717, 1.165) is 61.3 Å². The third-order valence-corrected chi connectivity index (χ3v) is 5.93. The van der Waals surface area contributed by atoms with Crippen molar-refractivity contribution in [2.45, 2.75) is 58.3 Å². The van der Waals surface area contributed by atoms with E-state index in [2.05, 4.69) is 13.5 Å². The van der Waals surface area contributed by atoms with Gasteiger partial charge in [0.1, 0.15) is 17.2 Å². The van der Waals surface area contributed by atoms with E-state index in [0.29, 0.717) is 17.9 Å². The maximum atomic E-state index is 12.6. The molecule has 0 unspecified atom stereocenters. The number of hydrogen-bond acceptors (Lipinski definition) is 4. The summed E-state index contributed by atoms with van der Waals surface area (Å²) in [6.07, 6.45) is 11.1. The zero-order valence-electron chi connectivity index (χ0n) is 21.4. The van der Waals surface area contributed by atoms with Crippen molar-refractivity contribution in [3.8, 4) is 28.4 Å². The number of unbranched alkanes of at least 4 members (excludes halogenated alkanes) is 6. The number of benzene rings is 3. The van der Waals surface area contributed by atoms with Crippen LogP contribution < -0.4 is 14.2 Å². The second kappa shape index (κ2) is 15.5. The lowest BCUT2D eigenvalue weighted by molar-refractivity contribution is 0.0734. The molecule has 0 aliphatic carbocycles.